The lowest BCUT2D eigenvalue weighted by molar-refractivity contribution is -0.213. The van der Waals surface area contributed by atoms with Gasteiger partial charge < -0.3 is 10.2 Å². The van der Waals surface area contributed by atoms with Crippen LogP contribution in [0.15, 0.2) is 11.6 Å². The Kier molecular flexibility index (Phi) is 5.06. The topological polar surface area (TPSA) is 57.5 Å². The van der Waals surface area contributed by atoms with E-state index in [1.165, 1.54) is 18.4 Å². The summed E-state index contributed by atoms with van der Waals surface area (Å²) in [6.07, 6.45) is 12.5. The zero-order valence-electron chi connectivity index (χ0n) is 23.2. The Morgan fingerprint density at radius 2 is 1.47 bits per heavy atom. The van der Waals surface area contributed by atoms with Crippen LogP contribution < -0.4 is 0 Å². The minimum absolute atomic E-state index is 0.0381. The highest BCUT2D eigenvalue weighted by atomic mass is 16.4. The molecule has 5 rings (SSSR count). The van der Waals surface area contributed by atoms with Crippen LogP contribution in [0.2, 0.25) is 0 Å². The molecular weight excluding hydrogens is 420 g/mol. The molecule has 0 aromatic heterocycles. The van der Waals surface area contributed by atoms with Crippen molar-refractivity contribution < 1.29 is 15.0 Å². The molecule has 2 N–H and O–H groups in total. The lowest BCUT2D eigenvalue weighted by atomic mass is 9.31. The van der Waals surface area contributed by atoms with E-state index in [1.807, 2.05) is 0 Å². The van der Waals surface area contributed by atoms with Crippen molar-refractivity contribution >= 4 is 5.97 Å². The molecule has 8 atom stereocenters. The van der Waals surface area contributed by atoms with Gasteiger partial charge in [-0.2, -0.15) is 0 Å². The van der Waals surface area contributed by atoms with Crippen molar-refractivity contribution in [2.24, 2.45) is 49.7 Å². The molecule has 0 saturated heterocycles. The maximum Gasteiger partial charge on any atom is 0.310 e. The van der Waals surface area contributed by atoms with Gasteiger partial charge in [0.1, 0.15) is 0 Å². The lowest BCUT2D eigenvalue weighted by Gasteiger charge is -2.73. The third-order valence-electron chi connectivity index (χ3n) is 13.6. The number of aliphatic carboxylic acids is 1. The second kappa shape index (κ2) is 6.93. The minimum Gasteiger partial charge on any atom is -0.481 e. The number of hydrogen-bond donors (Lipinski definition) is 2. The van der Waals surface area contributed by atoms with Gasteiger partial charge in [0, 0.05) is 5.41 Å². The first-order valence-corrected chi connectivity index (χ1v) is 14.1. The minimum atomic E-state index is -0.616. The van der Waals surface area contributed by atoms with Gasteiger partial charge in [-0.05, 0) is 103 Å². The number of carboxylic acids is 1. The van der Waals surface area contributed by atoms with Crippen LogP contribution >= 0.6 is 0 Å². The van der Waals surface area contributed by atoms with Crippen molar-refractivity contribution in [2.45, 2.75) is 126 Å². The zero-order valence-corrected chi connectivity index (χ0v) is 23.2. The van der Waals surface area contributed by atoms with Gasteiger partial charge in [0.2, 0.25) is 0 Å². The normalized spacial score (nSPS) is 53.4. The predicted molar refractivity (Wildman–Crippen MR) is 137 cm³/mol. The first-order chi connectivity index (χ1) is 15.5. The fraction of sp³-hybridized carbons (Fsp3) is 0.903. The molecule has 0 aromatic carbocycles. The number of aliphatic hydroxyl groups excluding tert-OH is 1. The number of carbonyl (C=O) groups is 1. The third kappa shape index (κ3) is 2.72. The van der Waals surface area contributed by atoms with Crippen molar-refractivity contribution in [2.75, 3.05) is 0 Å². The van der Waals surface area contributed by atoms with E-state index < -0.39 is 11.4 Å². The number of carboxylic acid groups (broad SMARTS) is 1. The highest BCUT2D eigenvalue weighted by Gasteiger charge is 2.72. The Hall–Kier alpha value is -0.830. The number of aliphatic hydroxyl groups is 1. The second-order valence-electron chi connectivity index (χ2n) is 15.7. The van der Waals surface area contributed by atoms with Crippen LogP contribution in [0.5, 0.6) is 0 Å². The smallest absolute Gasteiger partial charge is 0.310 e. The molecular formula is C31H50O3. The zero-order chi connectivity index (χ0) is 25.2. The Labute approximate surface area is 208 Å². The molecule has 0 bridgehead atoms. The van der Waals surface area contributed by atoms with Gasteiger partial charge in [-0.1, -0.05) is 67.0 Å². The van der Waals surface area contributed by atoms with Crippen LogP contribution in [-0.4, -0.2) is 22.3 Å². The average molecular weight is 471 g/mol. The van der Waals surface area contributed by atoms with E-state index >= 15 is 0 Å². The van der Waals surface area contributed by atoms with Crippen LogP contribution in [0.3, 0.4) is 0 Å². The van der Waals surface area contributed by atoms with Crippen LogP contribution in [0.1, 0.15) is 120 Å². The number of fused-ring (bicyclic) bond motifs is 7. The number of rotatable bonds is 1. The van der Waals surface area contributed by atoms with E-state index in [4.69, 9.17) is 0 Å². The van der Waals surface area contributed by atoms with Gasteiger partial charge in [0.05, 0.1) is 11.5 Å². The first kappa shape index (κ1) is 24.8. The number of allylic oxidation sites excluding steroid dienone is 2. The number of hydrogen-bond acceptors (Lipinski definition) is 2. The maximum absolute atomic E-state index is 13.0. The summed E-state index contributed by atoms with van der Waals surface area (Å²) in [5.41, 5.74) is 1.20. The standard InChI is InChI=1S/C31H50O3/c1-25(2)15-17-31(24(33)34)18-16-29(7)22(30(31,8)19-25)10-9-21-27(5)13-12-23(32)26(3,4)20(27)11-14-28(21,29)6/h10,20-21,23,32H,9,11-19H2,1-8H3,(H,33,34)/t20?,21?,23-,27-,28+,29+,30-,31+/m0/s1. The maximum atomic E-state index is 13.0. The van der Waals surface area contributed by atoms with Crippen molar-refractivity contribution in [3.63, 3.8) is 0 Å². The van der Waals surface area contributed by atoms with Gasteiger partial charge in [-0.3, -0.25) is 4.79 Å². The summed E-state index contributed by atoms with van der Waals surface area (Å²) in [5.74, 6) is 0.586. The van der Waals surface area contributed by atoms with E-state index in [0.717, 1.165) is 51.4 Å². The summed E-state index contributed by atoms with van der Waals surface area (Å²) >= 11 is 0. The Balaban J connectivity index is 1.64. The summed E-state index contributed by atoms with van der Waals surface area (Å²) in [7, 11) is 0. The van der Waals surface area contributed by atoms with Gasteiger partial charge in [0.15, 0.2) is 0 Å². The molecule has 0 amide bonds. The van der Waals surface area contributed by atoms with E-state index in [-0.39, 0.29) is 38.6 Å². The summed E-state index contributed by atoms with van der Waals surface area (Å²) < 4.78 is 0. The van der Waals surface area contributed by atoms with Gasteiger partial charge in [-0.25, -0.2) is 0 Å². The van der Waals surface area contributed by atoms with E-state index in [2.05, 4.69) is 61.5 Å². The molecule has 0 aliphatic heterocycles. The van der Waals surface area contributed by atoms with E-state index in [1.54, 1.807) is 0 Å². The molecule has 2 unspecified atom stereocenters. The van der Waals surface area contributed by atoms with Crippen molar-refractivity contribution in [1.82, 2.24) is 0 Å². The molecule has 192 valence electrons. The fourth-order valence-electron chi connectivity index (χ4n) is 11.5. The first-order valence-electron chi connectivity index (χ1n) is 14.1. The van der Waals surface area contributed by atoms with Gasteiger partial charge in [0.25, 0.3) is 0 Å². The molecule has 3 nitrogen and oxygen atoms in total. The van der Waals surface area contributed by atoms with Crippen molar-refractivity contribution in [3.05, 3.63) is 11.6 Å². The van der Waals surface area contributed by atoms with Gasteiger partial charge in [-0.15, -0.1) is 0 Å². The highest BCUT2D eigenvalue weighted by Crippen LogP contribution is 2.78. The molecule has 0 heterocycles. The van der Waals surface area contributed by atoms with Crippen LogP contribution in [0.25, 0.3) is 0 Å². The second-order valence-corrected chi connectivity index (χ2v) is 15.7. The molecule has 5 aliphatic rings. The van der Waals surface area contributed by atoms with Crippen LogP contribution in [-0.2, 0) is 4.79 Å². The third-order valence-corrected chi connectivity index (χ3v) is 13.6. The molecule has 5 aliphatic carbocycles. The van der Waals surface area contributed by atoms with E-state index in [0.29, 0.717) is 11.8 Å². The summed E-state index contributed by atoms with van der Waals surface area (Å²) in [5, 5.41) is 21.6. The molecule has 0 spiro atoms. The molecule has 34 heavy (non-hydrogen) atoms. The van der Waals surface area contributed by atoms with Crippen molar-refractivity contribution in [3.8, 4) is 0 Å². The van der Waals surface area contributed by atoms with Crippen LogP contribution in [0.4, 0.5) is 0 Å². The fourth-order valence-corrected chi connectivity index (χ4v) is 11.5. The summed E-state index contributed by atoms with van der Waals surface area (Å²) in [6.45, 7) is 19.3. The summed E-state index contributed by atoms with van der Waals surface area (Å²) in [6, 6.07) is 0. The molecule has 0 radical (unpaired) electrons. The predicted octanol–water partition coefficient (Wildman–Crippen LogP) is 7.62. The molecule has 4 fully saturated rings. The average Bonchev–Trinajstić information content (AvgIpc) is 2.70. The summed E-state index contributed by atoms with van der Waals surface area (Å²) in [4.78, 5) is 13.0. The Morgan fingerprint density at radius 1 is 0.824 bits per heavy atom. The molecule has 3 heteroatoms. The lowest BCUT2D eigenvalue weighted by Crippen LogP contribution is -2.67. The van der Waals surface area contributed by atoms with Crippen molar-refractivity contribution in [1.29, 1.82) is 0 Å². The van der Waals surface area contributed by atoms with E-state index in [9.17, 15) is 15.0 Å². The molecule has 0 aromatic rings. The SMILES string of the molecule is CC1(C)CC[C@]2(C(=O)O)CC[C@]3(C)C(=CCC4[C@@]5(C)CC[C@H](O)C(C)(C)C5CC[C@]43C)[C@]2(C)C1. The van der Waals surface area contributed by atoms with Crippen LogP contribution in [0, 0.1) is 49.7 Å². The largest absolute Gasteiger partial charge is 0.481 e. The highest BCUT2D eigenvalue weighted by molar-refractivity contribution is 5.77. The quantitative estimate of drug-likeness (QED) is 0.387. The molecule has 4 saturated carbocycles. The Morgan fingerprint density at radius 3 is 2.12 bits per heavy atom. The monoisotopic (exact) mass is 470 g/mol. The van der Waals surface area contributed by atoms with Gasteiger partial charge >= 0.3 is 5.97 Å². The Bertz CT molecular complexity index is 931.